The average Bonchev–Trinajstić information content (AvgIpc) is 3.70. The van der Waals surface area contributed by atoms with E-state index >= 15 is 0 Å². The normalized spacial score (nSPS) is 20.5. The predicted octanol–water partition coefficient (Wildman–Crippen LogP) is 2.98. The second kappa shape index (κ2) is 14.9. The molecule has 5 rings (SSSR count). The van der Waals surface area contributed by atoms with Gasteiger partial charge in [0.15, 0.2) is 0 Å². The Hall–Kier alpha value is -3.93. The fourth-order valence-electron chi connectivity index (χ4n) is 7.15. The van der Waals surface area contributed by atoms with Gasteiger partial charge in [0.1, 0.15) is 6.04 Å². The topological polar surface area (TPSA) is 129 Å². The van der Waals surface area contributed by atoms with Gasteiger partial charge in [0.2, 0.25) is 11.8 Å². The number of urea groups is 1. The summed E-state index contributed by atoms with van der Waals surface area (Å²) in [5.41, 5.74) is 0.878. The van der Waals surface area contributed by atoms with Crippen LogP contribution in [0.3, 0.4) is 0 Å². The van der Waals surface area contributed by atoms with E-state index in [1.807, 2.05) is 51.1 Å². The van der Waals surface area contributed by atoms with E-state index < -0.39 is 23.5 Å². The number of nitrogens with one attached hydrogen (secondary N) is 2. The monoisotopic (exact) mass is 649 g/mol. The van der Waals surface area contributed by atoms with Crippen LogP contribution in [0.25, 0.3) is 0 Å². The molecule has 2 aromatic rings. The van der Waals surface area contributed by atoms with Crippen LogP contribution < -0.4 is 10.6 Å². The molecule has 3 fully saturated rings. The highest BCUT2D eigenvalue weighted by Crippen LogP contribution is 2.45. The molecule has 47 heavy (non-hydrogen) atoms. The largest absolute Gasteiger partial charge is 0.376 e. The molecule has 3 aliphatic rings. The van der Waals surface area contributed by atoms with Crippen LogP contribution >= 0.6 is 0 Å². The molecule has 1 aromatic heterocycles. The number of likely N-dealkylation sites (N-methyl/N-ethyl adjacent to an activating group) is 1. The van der Waals surface area contributed by atoms with E-state index in [4.69, 9.17) is 4.74 Å². The number of carbonyl (C=O) groups is 4. The second-order valence-electron chi connectivity index (χ2n) is 14.0. The molecule has 2 aliphatic heterocycles. The zero-order valence-electron chi connectivity index (χ0n) is 28.5. The van der Waals surface area contributed by atoms with Crippen LogP contribution in [0.1, 0.15) is 68.8 Å². The number of aromatic nitrogens is 2. The Labute approximate surface area is 278 Å². The summed E-state index contributed by atoms with van der Waals surface area (Å²) in [6, 6.07) is 8.91. The Morgan fingerprint density at radius 2 is 1.70 bits per heavy atom. The maximum Gasteiger partial charge on any atom is 0.320 e. The summed E-state index contributed by atoms with van der Waals surface area (Å²) >= 11 is 0. The molecular weight excluding hydrogens is 598 g/mol. The lowest BCUT2D eigenvalue weighted by Crippen LogP contribution is -2.67. The van der Waals surface area contributed by atoms with Crippen molar-refractivity contribution in [1.29, 1.82) is 0 Å². The minimum absolute atomic E-state index is 0.0237. The molecule has 256 valence electrons. The summed E-state index contributed by atoms with van der Waals surface area (Å²) in [5, 5.41) is 10.1. The number of amides is 5. The summed E-state index contributed by atoms with van der Waals surface area (Å²) in [4.78, 5) is 59.2. The molecule has 3 heterocycles. The maximum absolute atomic E-state index is 14.1. The Morgan fingerprint density at radius 1 is 1.02 bits per heavy atom. The van der Waals surface area contributed by atoms with Crippen molar-refractivity contribution in [2.24, 2.45) is 17.3 Å². The lowest BCUT2D eigenvalue weighted by molar-refractivity contribution is -0.138. The predicted molar refractivity (Wildman–Crippen MR) is 177 cm³/mol. The van der Waals surface area contributed by atoms with Crippen molar-refractivity contribution in [1.82, 2.24) is 35.1 Å². The van der Waals surface area contributed by atoms with E-state index in [0.29, 0.717) is 44.3 Å². The third-order valence-corrected chi connectivity index (χ3v) is 10.3. The quantitative estimate of drug-likeness (QED) is 0.385. The van der Waals surface area contributed by atoms with Crippen LogP contribution in [0, 0.1) is 17.3 Å². The van der Waals surface area contributed by atoms with E-state index in [1.165, 1.54) is 19.3 Å². The summed E-state index contributed by atoms with van der Waals surface area (Å²) < 4.78 is 7.90. The second-order valence-corrected chi connectivity index (χ2v) is 14.0. The molecule has 1 saturated carbocycles. The standard InChI is InChI=1S/C35H51N7O5/c1-24(2)39(5)34(46)41-22-35(23-41)21-40(33(45)28-16-37-42(18-28)17-26-12-8-6-9-13-26)19-29(35)31(43)38-30(32(44)36-4)25(3)47-20-27-14-10-7-11-15-27/h6,8-9,12-13,16,18,24-25,27,29-30H,7,10-11,14-15,17,19-23H2,1-5H3,(H,36,44)(H,38,43)/t25-,29+,30+/m1/s1. The molecule has 1 spiro atoms. The molecule has 0 bridgehead atoms. The van der Waals surface area contributed by atoms with E-state index in [0.717, 1.165) is 18.4 Å². The number of rotatable bonds is 11. The molecular formula is C35H51N7O5. The molecule has 3 atom stereocenters. The molecule has 12 heteroatoms. The first-order valence-corrected chi connectivity index (χ1v) is 17.0. The molecule has 2 saturated heterocycles. The third-order valence-electron chi connectivity index (χ3n) is 10.3. The van der Waals surface area contributed by atoms with Gasteiger partial charge in [-0.25, -0.2) is 4.79 Å². The number of benzene rings is 1. The van der Waals surface area contributed by atoms with Gasteiger partial charge in [-0.05, 0) is 45.1 Å². The summed E-state index contributed by atoms with van der Waals surface area (Å²) in [7, 11) is 3.31. The van der Waals surface area contributed by atoms with Crippen molar-refractivity contribution in [2.75, 3.05) is 46.9 Å². The molecule has 2 N–H and O–H groups in total. The van der Waals surface area contributed by atoms with Crippen LogP contribution in [0.4, 0.5) is 4.79 Å². The first-order valence-electron chi connectivity index (χ1n) is 17.0. The Balaban J connectivity index is 1.31. The zero-order valence-corrected chi connectivity index (χ0v) is 28.5. The number of hydrogen-bond acceptors (Lipinski definition) is 6. The Kier molecular flexibility index (Phi) is 10.9. The van der Waals surface area contributed by atoms with Crippen LogP contribution in [0.15, 0.2) is 42.7 Å². The van der Waals surface area contributed by atoms with Crippen molar-refractivity contribution in [3.63, 3.8) is 0 Å². The van der Waals surface area contributed by atoms with E-state index in [-0.39, 0.29) is 36.3 Å². The summed E-state index contributed by atoms with van der Waals surface area (Å²) in [6.07, 6.45) is 8.62. The van der Waals surface area contributed by atoms with Gasteiger partial charge < -0.3 is 30.1 Å². The summed E-state index contributed by atoms with van der Waals surface area (Å²) in [5.74, 6) is -1.01. The first-order chi connectivity index (χ1) is 22.5. The fourth-order valence-corrected chi connectivity index (χ4v) is 7.15. The first kappa shape index (κ1) is 34.4. The molecule has 12 nitrogen and oxygen atoms in total. The Morgan fingerprint density at radius 3 is 2.36 bits per heavy atom. The zero-order chi connectivity index (χ0) is 33.7. The van der Waals surface area contributed by atoms with Crippen LogP contribution in [-0.4, -0.2) is 113 Å². The number of hydrogen-bond donors (Lipinski definition) is 2. The minimum atomic E-state index is -0.890. The average molecular weight is 650 g/mol. The van der Waals surface area contributed by atoms with Crippen LogP contribution in [-0.2, 0) is 20.9 Å². The van der Waals surface area contributed by atoms with E-state index in [2.05, 4.69) is 15.7 Å². The minimum Gasteiger partial charge on any atom is -0.376 e. The molecule has 0 radical (unpaired) electrons. The lowest BCUT2D eigenvalue weighted by Gasteiger charge is -2.51. The van der Waals surface area contributed by atoms with Crippen molar-refractivity contribution in [2.45, 2.75) is 77.6 Å². The van der Waals surface area contributed by atoms with Gasteiger partial charge in [-0.2, -0.15) is 5.10 Å². The van der Waals surface area contributed by atoms with Gasteiger partial charge >= 0.3 is 6.03 Å². The van der Waals surface area contributed by atoms with Gasteiger partial charge in [-0.3, -0.25) is 19.1 Å². The van der Waals surface area contributed by atoms with Gasteiger partial charge in [-0.15, -0.1) is 0 Å². The van der Waals surface area contributed by atoms with Crippen LogP contribution in [0.2, 0.25) is 0 Å². The van der Waals surface area contributed by atoms with Crippen LogP contribution in [0.5, 0.6) is 0 Å². The lowest BCUT2D eigenvalue weighted by atomic mass is 9.71. The number of likely N-dealkylation sites (tertiary alicyclic amines) is 2. The number of ether oxygens (including phenoxy) is 1. The van der Waals surface area contributed by atoms with E-state index in [9.17, 15) is 19.2 Å². The third kappa shape index (κ3) is 7.80. The molecule has 0 unspecified atom stereocenters. The SMILES string of the molecule is CNC(=O)[C@@H](NC(=O)[C@@H]1CN(C(=O)c2cnn(Cc3ccccc3)c2)CC12CN(C(=O)N(C)C(C)C)C2)[C@@H](C)OCC1CCCCC1. The van der Waals surface area contributed by atoms with Gasteiger partial charge in [-0.1, -0.05) is 49.6 Å². The van der Waals surface area contributed by atoms with Gasteiger partial charge in [0.05, 0.1) is 30.3 Å². The highest BCUT2D eigenvalue weighted by molar-refractivity contribution is 5.95. The van der Waals surface area contributed by atoms with Crippen molar-refractivity contribution in [3.8, 4) is 0 Å². The molecule has 1 aliphatic carbocycles. The van der Waals surface area contributed by atoms with Gasteiger partial charge in [0, 0.05) is 64.5 Å². The van der Waals surface area contributed by atoms with Crippen molar-refractivity contribution >= 4 is 23.8 Å². The van der Waals surface area contributed by atoms with Crippen molar-refractivity contribution in [3.05, 3.63) is 53.9 Å². The maximum atomic E-state index is 14.1. The highest BCUT2D eigenvalue weighted by Gasteiger charge is 2.59. The number of nitrogens with zero attached hydrogens (tertiary/aromatic N) is 5. The highest BCUT2D eigenvalue weighted by atomic mass is 16.5. The smallest absolute Gasteiger partial charge is 0.320 e. The van der Waals surface area contributed by atoms with Gasteiger partial charge in [0.25, 0.3) is 5.91 Å². The molecule has 1 aromatic carbocycles. The van der Waals surface area contributed by atoms with E-state index in [1.54, 1.807) is 45.9 Å². The molecule has 5 amide bonds. The fraction of sp³-hybridized carbons (Fsp3) is 0.629. The number of carbonyl (C=O) groups excluding carboxylic acids is 4. The summed E-state index contributed by atoms with van der Waals surface area (Å²) in [6.45, 7) is 8.00. The van der Waals surface area contributed by atoms with Crippen molar-refractivity contribution < 1.29 is 23.9 Å². The Bertz CT molecular complexity index is 1400.